The van der Waals surface area contributed by atoms with Gasteiger partial charge >= 0.3 is 0 Å². The SMILES string of the molecule is CC1=C(C(=O)Nc2ccc3[nH]nc(-c4ccnc(N5CCN(CC6CCN(CC7CCN(c8ccc9c(c8)C(=O)N(C8CCC(=O)NC8=O)C9=O)CC7)CC6)CC5)c4)c3c2)C(C)(C)n2nnnc2N1C. The number of aromatic amines is 1. The lowest BCUT2D eigenvalue weighted by Gasteiger charge is -2.41. The Bertz CT molecular complexity index is 2940. The van der Waals surface area contributed by atoms with Crippen LogP contribution in [0.3, 0.4) is 0 Å². The molecule has 20 heteroatoms. The molecule has 1 atom stereocenters. The second-order valence-corrected chi connectivity index (χ2v) is 20.3. The lowest BCUT2D eigenvalue weighted by Crippen LogP contribution is -2.54. The fourth-order valence-electron chi connectivity index (χ4n) is 11.6. The summed E-state index contributed by atoms with van der Waals surface area (Å²) in [7, 11) is 1.86. The van der Waals surface area contributed by atoms with E-state index in [4.69, 9.17) is 10.1 Å². The predicted octanol–water partition coefficient (Wildman–Crippen LogP) is 3.86. The van der Waals surface area contributed by atoms with Crippen LogP contribution in [-0.2, 0) is 19.9 Å². The van der Waals surface area contributed by atoms with Gasteiger partial charge in [0.05, 0.1) is 27.8 Å². The number of piperidine rings is 3. The average molecular weight is 950 g/mol. The van der Waals surface area contributed by atoms with Crippen molar-refractivity contribution in [3.05, 3.63) is 77.1 Å². The molecule has 1 unspecified atom stereocenters. The van der Waals surface area contributed by atoms with Crippen LogP contribution in [0.4, 0.5) is 23.1 Å². The van der Waals surface area contributed by atoms with Gasteiger partial charge in [0, 0.05) is 100 Å². The van der Waals surface area contributed by atoms with E-state index in [2.05, 4.69) is 56.9 Å². The van der Waals surface area contributed by atoms with Gasteiger partial charge in [-0.25, -0.2) is 9.67 Å². The molecule has 70 heavy (non-hydrogen) atoms. The maximum atomic E-state index is 13.9. The van der Waals surface area contributed by atoms with E-state index in [0.717, 1.165) is 123 Å². The number of nitrogens with one attached hydrogen (secondary N) is 3. The summed E-state index contributed by atoms with van der Waals surface area (Å²) in [5.74, 6) is 0.671. The van der Waals surface area contributed by atoms with Crippen molar-refractivity contribution in [2.24, 2.45) is 11.8 Å². The Morgan fingerprint density at radius 2 is 1.51 bits per heavy atom. The molecule has 0 spiro atoms. The number of carbonyl (C=O) groups excluding carboxylic acids is 5. The number of likely N-dealkylation sites (tertiary alicyclic amines) is 1. The number of benzene rings is 2. The zero-order valence-electron chi connectivity index (χ0n) is 40.1. The number of amides is 5. The van der Waals surface area contributed by atoms with Gasteiger partial charge in [-0.1, -0.05) is 5.10 Å². The van der Waals surface area contributed by atoms with Crippen molar-refractivity contribution in [2.75, 3.05) is 92.5 Å². The highest BCUT2D eigenvalue weighted by molar-refractivity contribution is 6.23. The summed E-state index contributed by atoms with van der Waals surface area (Å²) < 4.78 is 1.67. The molecule has 0 saturated carbocycles. The van der Waals surface area contributed by atoms with E-state index in [1.807, 2.05) is 69.2 Å². The number of rotatable bonds is 10. The molecule has 4 saturated heterocycles. The Morgan fingerprint density at radius 1 is 0.800 bits per heavy atom. The van der Waals surface area contributed by atoms with Gasteiger partial charge < -0.3 is 24.9 Å². The number of hydrogen-bond acceptors (Lipinski definition) is 15. The van der Waals surface area contributed by atoms with E-state index in [1.165, 1.54) is 12.8 Å². The average Bonchev–Trinajstić information content (AvgIpc) is 4.09. The number of nitrogens with zero attached hydrogens (tertiary/aromatic N) is 12. The Labute approximate surface area is 405 Å². The maximum absolute atomic E-state index is 13.9. The van der Waals surface area contributed by atoms with Crippen LogP contribution in [0.1, 0.15) is 80.0 Å². The molecule has 364 valence electrons. The van der Waals surface area contributed by atoms with Gasteiger partial charge in [-0.15, -0.1) is 0 Å². The third-order valence-electron chi connectivity index (χ3n) is 15.7. The largest absolute Gasteiger partial charge is 0.371 e. The smallest absolute Gasteiger partial charge is 0.262 e. The molecule has 6 aliphatic heterocycles. The zero-order chi connectivity index (χ0) is 48.4. The summed E-state index contributed by atoms with van der Waals surface area (Å²) in [5, 5.41) is 26.4. The van der Waals surface area contributed by atoms with Crippen LogP contribution in [0.25, 0.3) is 22.2 Å². The topological polar surface area (TPSA) is 214 Å². The third kappa shape index (κ3) is 8.25. The van der Waals surface area contributed by atoms with Crippen LogP contribution in [0.15, 0.2) is 66.0 Å². The van der Waals surface area contributed by atoms with Crippen molar-refractivity contribution in [1.29, 1.82) is 0 Å². The van der Waals surface area contributed by atoms with Crippen molar-refractivity contribution in [3.63, 3.8) is 0 Å². The van der Waals surface area contributed by atoms with Crippen LogP contribution < -0.4 is 25.3 Å². The fraction of sp³-hybridized carbons (Fsp3) is 0.480. The molecule has 5 aromatic rings. The highest BCUT2D eigenvalue weighted by Crippen LogP contribution is 2.38. The van der Waals surface area contributed by atoms with E-state index in [9.17, 15) is 24.0 Å². The van der Waals surface area contributed by atoms with E-state index in [-0.39, 0.29) is 24.7 Å². The van der Waals surface area contributed by atoms with Gasteiger partial charge in [-0.3, -0.25) is 44.2 Å². The number of fused-ring (bicyclic) bond motifs is 3. The summed E-state index contributed by atoms with van der Waals surface area (Å²) in [6.45, 7) is 15.8. The number of H-pyrrole nitrogens is 1. The third-order valence-corrected chi connectivity index (χ3v) is 15.7. The Hall–Kier alpha value is -7.06. The number of carbonyl (C=O) groups is 5. The molecule has 20 nitrogen and oxygen atoms in total. The fourth-order valence-corrected chi connectivity index (χ4v) is 11.6. The summed E-state index contributed by atoms with van der Waals surface area (Å²) in [4.78, 5) is 82.3. The lowest BCUT2D eigenvalue weighted by molar-refractivity contribution is -0.136. The zero-order valence-corrected chi connectivity index (χ0v) is 40.1. The molecule has 0 radical (unpaired) electrons. The number of allylic oxidation sites excluding steroid dienone is 1. The van der Waals surface area contributed by atoms with Crippen molar-refractivity contribution < 1.29 is 24.0 Å². The second kappa shape index (κ2) is 18.0. The van der Waals surface area contributed by atoms with Gasteiger partial charge in [-0.05, 0) is 137 Å². The Balaban J connectivity index is 0.638. The molecule has 11 rings (SSSR count). The van der Waals surface area contributed by atoms with Gasteiger partial charge in [0.1, 0.15) is 17.6 Å². The number of imide groups is 2. The highest BCUT2D eigenvalue weighted by Gasteiger charge is 2.45. The van der Waals surface area contributed by atoms with Crippen molar-refractivity contribution in [3.8, 4) is 11.3 Å². The van der Waals surface area contributed by atoms with Gasteiger partial charge in [-0.2, -0.15) is 5.10 Å². The second-order valence-electron chi connectivity index (χ2n) is 20.3. The molecule has 3 aromatic heterocycles. The van der Waals surface area contributed by atoms with Crippen molar-refractivity contribution >= 4 is 63.6 Å². The number of piperazine rings is 1. The van der Waals surface area contributed by atoms with E-state index in [1.54, 1.807) is 16.8 Å². The van der Waals surface area contributed by atoms with Crippen LogP contribution in [0.5, 0.6) is 0 Å². The number of tetrazole rings is 1. The molecule has 3 N–H and O–H groups in total. The Morgan fingerprint density at radius 3 is 2.26 bits per heavy atom. The normalized spacial score (nSPS) is 21.7. The first-order chi connectivity index (χ1) is 33.8. The number of pyridine rings is 1. The van der Waals surface area contributed by atoms with E-state index >= 15 is 0 Å². The molecule has 4 fully saturated rings. The summed E-state index contributed by atoms with van der Waals surface area (Å²) in [5.41, 5.74) is 5.45. The number of hydrogen-bond donors (Lipinski definition) is 3. The summed E-state index contributed by atoms with van der Waals surface area (Å²) in [6.07, 6.45) is 6.64. The predicted molar refractivity (Wildman–Crippen MR) is 262 cm³/mol. The lowest BCUT2D eigenvalue weighted by atomic mass is 9.89. The molecule has 2 aromatic carbocycles. The summed E-state index contributed by atoms with van der Waals surface area (Å²) >= 11 is 0. The minimum atomic E-state index is -0.963. The van der Waals surface area contributed by atoms with Gasteiger partial charge in [0.15, 0.2) is 0 Å². The minimum absolute atomic E-state index is 0.1000. The van der Waals surface area contributed by atoms with Gasteiger partial charge in [0.25, 0.3) is 17.7 Å². The van der Waals surface area contributed by atoms with Crippen LogP contribution >= 0.6 is 0 Å². The molecular formula is C50H59N15O5. The standard InChI is InChI=1S/C50H59N15O5/c1-30-43(50(2,3)65-49(59(30)4)56-57-58-65)46(68)52-34-5-8-39-38(26-34)44(55-54-39)33-11-16-51-41(25-33)63-23-21-61(22-24-63)29-31-12-17-60(18-13-31)28-32-14-19-62(20-15-32)35-6-7-36-37(27-35)48(70)64(47(36)69)40-9-10-42(66)53-45(40)67/h5-8,11,16,25-27,31-32,40H,9-10,12-15,17-24,28-29H2,1-4H3,(H,52,68)(H,54,55)(H,53,66,67). The van der Waals surface area contributed by atoms with Crippen LogP contribution in [0, 0.1) is 11.8 Å². The monoisotopic (exact) mass is 949 g/mol. The summed E-state index contributed by atoms with van der Waals surface area (Å²) in [6, 6.07) is 14.3. The minimum Gasteiger partial charge on any atom is -0.371 e. The number of anilines is 4. The maximum Gasteiger partial charge on any atom is 0.262 e. The quantitative estimate of drug-likeness (QED) is 0.170. The van der Waals surface area contributed by atoms with Crippen LogP contribution in [0.2, 0.25) is 0 Å². The molecule has 5 amide bonds. The van der Waals surface area contributed by atoms with E-state index < -0.39 is 29.3 Å². The first-order valence-corrected chi connectivity index (χ1v) is 24.6. The first kappa shape index (κ1) is 45.4. The van der Waals surface area contributed by atoms with Crippen molar-refractivity contribution in [2.45, 2.75) is 70.9 Å². The molecular weight excluding hydrogens is 891 g/mol. The first-order valence-electron chi connectivity index (χ1n) is 24.6. The van der Waals surface area contributed by atoms with Crippen LogP contribution in [-0.4, -0.2) is 158 Å². The Kier molecular flexibility index (Phi) is 11.7. The number of aromatic nitrogens is 7. The highest BCUT2D eigenvalue weighted by atomic mass is 16.2. The van der Waals surface area contributed by atoms with E-state index in [0.29, 0.717) is 40.2 Å². The van der Waals surface area contributed by atoms with Gasteiger partial charge in [0.2, 0.25) is 17.8 Å². The molecule has 6 aliphatic rings. The molecule has 0 bridgehead atoms. The van der Waals surface area contributed by atoms with Crippen molar-refractivity contribution in [1.82, 2.24) is 55.4 Å². The molecule has 9 heterocycles. The molecule has 0 aliphatic carbocycles.